The number of hydrogen-bond donors (Lipinski definition) is 0. The van der Waals surface area contributed by atoms with Crippen LogP contribution in [0, 0.1) is 0 Å². The summed E-state index contributed by atoms with van der Waals surface area (Å²) < 4.78 is 1.40. The molecule has 1 aliphatic carbocycles. The van der Waals surface area contributed by atoms with Crippen molar-refractivity contribution >= 4 is 44.2 Å². The van der Waals surface area contributed by atoms with Crippen LogP contribution in [0.25, 0.3) is 21.1 Å². The highest BCUT2D eigenvalue weighted by atomic mass is 32.2. The molecule has 0 saturated heterocycles. The van der Waals surface area contributed by atoms with E-state index in [1.807, 2.05) is 12.1 Å². The minimum atomic E-state index is -0.124. The first kappa shape index (κ1) is 15.9. The highest BCUT2D eigenvalue weighted by Crippen LogP contribution is 2.39. The summed E-state index contributed by atoms with van der Waals surface area (Å²) in [4.78, 5) is 24.0. The van der Waals surface area contributed by atoms with Crippen LogP contribution in [-0.4, -0.2) is 25.0 Å². The number of aromatic nitrogens is 5. The van der Waals surface area contributed by atoms with E-state index in [-0.39, 0.29) is 5.56 Å². The number of aryl methyl sites for hydroxylation is 2. The van der Waals surface area contributed by atoms with Crippen LogP contribution in [0.1, 0.15) is 23.3 Å². The molecule has 0 N–H and O–H groups in total. The predicted molar refractivity (Wildman–Crippen MR) is 104 cm³/mol. The van der Waals surface area contributed by atoms with Crippen molar-refractivity contribution in [2.45, 2.75) is 36.6 Å². The molecule has 1 aliphatic rings. The van der Waals surface area contributed by atoms with E-state index in [4.69, 9.17) is 0 Å². The Hall–Kier alpha value is -2.32. The van der Waals surface area contributed by atoms with E-state index in [9.17, 15) is 4.79 Å². The number of nitrogens with zero attached hydrogens (tertiary/aromatic N) is 5. The zero-order chi connectivity index (χ0) is 17.5. The van der Waals surface area contributed by atoms with E-state index < -0.39 is 0 Å². The zero-order valence-corrected chi connectivity index (χ0v) is 15.5. The van der Waals surface area contributed by atoms with Crippen molar-refractivity contribution in [3.63, 3.8) is 0 Å². The van der Waals surface area contributed by atoms with Crippen LogP contribution in [0.15, 0.2) is 40.4 Å². The van der Waals surface area contributed by atoms with Gasteiger partial charge in [-0.15, -0.1) is 16.4 Å². The van der Waals surface area contributed by atoms with E-state index in [0.29, 0.717) is 16.8 Å². The van der Waals surface area contributed by atoms with Gasteiger partial charge in [0.2, 0.25) is 0 Å². The number of benzene rings is 1. The smallest absolute Gasteiger partial charge is 0.267 e. The second kappa shape index (κ2) is 6.44. The summed E-state index contributed by atoms with van der Waals surface area (Å²) in [5.41, 5.74) is 1.90. The Labute approximate surface area is 157 Å². The normalized spacial score (nSPS) is 14.0. The van der Waals surface area contributed by atoms with Gasteiger partial charge in [0, 0.05) is 10.3 Å². The Balaban J connectivity index is 1.52. The molecule has 0 unspecified atom stereocenters. The topological polar surface area (TPSA) is 73.6 Å². The Morgan fingerprint density at radius 2 is 2.04 bits per heavy atom. The molecule has 0 bridgehead atoms. The molecule has 0 spiro atoms. The summed E-state index contributed by atoms with van der Waals surface area (Å²) in [5, 5.41) is 10.9. The fourth-order valence-electron chi connectivity index (χ4n) is 3.40. The maximum absolute atomic E-state index is 12.6. The number of thiophene rings is 1. The zero-order valence-electron chi connectivity index (χ0n) is 13.9. The average molecular weight is 381 g/mol. The SMILES string of the molecule is O=c1c2ccccc2nnn1CSc1ncnc2sc3c(c12)CCCC3. The second-order valence-electron chi connectivity index (χ2n) is 6.25. The van der Waals surface area contributed by atoms with Gasteiger partial charge in [0.25, 0.3) is 5.56 Å². The molecule has 3 aromatic heterocycles. The lowest BCUT2D eigenvalue weighted by atomic mass is 9.97. The lowest BCUT2D eigenvalue weighted by molar-refractivity contribution is 0.644. The van der Waals surface area contributed by atoms with Crippen molar-refractivity contribution in [2.75, 3.05) is 0 Å². The van der Waals surface area contributed by atoms with Gasteiger partial charge in [0.1, 0.15) is 21.7 Å². The second-order valence-corrected chi connectivity index (χ2v) is 8.27. The lowest BCUT2D eigenvalue weighted by Gasteiger charge is -2.11. The molecular formula is C18H15N5OS2. The molecule has 5 rings (SSSR count). The summed E-state index contributed by atoms with van der Waals surface area (Å²) in [7, 11) is 0. The van der Waals surface area contributed by atoms with Gasteiger partial charge in [-0.1, -0.05) is 29.1 Å². The van der Waals surface area contributed by atoms with Gasteiger partial charge in [-0.2, -0.15) is 4.68 Å². The largest absolute Gasteiger partial charge is 0.278 e. The maximum atomic E-state index is 12.6. The van der Waals surface area contributed by atoms with Crippen molar-refractivity contribution in [1.82, 2.24) is 25.0 Å². The molecule has 6 nitrogen and oxygen atoms in total. The third-order valence-electron chi connectivity index (χ3n) is 4.67. The Morgan fingerprint density at radius 1 is 1.15 bits per heavy atom. The van der Waals surface area contributed by atoms with Gasteiger partial charge in [-0.3, -0.25) is 4.79 Å². The highest BCUT2D eigenvalue weighted by molar-refractivity contribution is 7.98. The van der Waals surface area contributed by atoms with Crippen molar-refractivity contribution in [1.29, 1.82) is 0 Å². The Kier molecular flexibility index (Phi) is 3.94. The summed E-state index contributed by atoms with van der Waals surface area (Å²) in [6, 6.07) is 7.28. The molecule has 0 aliphatic heterocycles. The lowest BCUT2D eigenvalue weighted by Crippen LogP contribution is -2.23. The quantitative estimate of drug-likeness (QED) is 0.400. The molecule has 0 saturated carbocycles. The van der Waals surface area contributed by atoms with Gasteiger partial charge < -0.3 is 0 Å². The molecular weight excluding hydrogens is 366 g/mol. The standard InChI is InChI=1S/C18H15N5OS2/c24-18-11-5-1-3-7-13(11)21-22-23(18)10-25-16-15-12-6-2-4-8-14(12)26-17(15)20-9-19-16/h1,3,5,7,9H,2,4,6,8,10H2. The van der Waals surface area contributed by atoms with Crippen LogP contribution in [0.5, 0.6) is 0 Å². The van der Waals surface area contributed by atoms with Crippen LogP contribution >= 0.6 is 23.1 Å². The fraction of sp³-hybridized carbons (Fsp3) is 0.278. The van der Waals surface area contributed by atoms with Crippen LogP contribution in [-0.2, 0) is 18.7 Å². The third kappa shape index (κ3) is 2.60. The van der Waals surface area contributed by atoms with Gasteiger partial charge >= 0.3 is 0 Å². The number of fused-ring (bicyclic) bond motifs is 4. The van der Waals surface area contributed by atoms with Crippen LogP contribution < -0.4 is 5.56 Å². The average Bonchev–Trinajstić information content (AvgIpc) is 3.07. The summed E-state index contributed by atoms with van der Waals surface area (Å²) in [5.74, 6) is 0.382. The van der Waals surface area contributed by atoms with E-state index in [1.165, 1.54) is 45.1 Å². The van der Waals surface area contributed by atoms with Crippen molar-refractivity contribution < 1.29 is 0 Å². The minimum absolute atomic E-state index is 0.124. The van der Waals surface area contributed by atoms with Gasteiger partial charge in [0.05, 0.1) is 11.3 Å². The van der Waals surface area contributed by atoms with Crippen molar-refractivity contribution in [3.8, 4) is 0 Å². The van der Waals surface area contributed by atoms with Crippen molar-refractivity contribution in [3.05, 3.63) is 51.4 Å². The molecule has 3 heterocycles. The number of thioether (sulfide) groups is 1. The molecule has 1 aromatic carbocycles. The fourth-order valence-corrected chi connectivity index (χ4v) is 5.59. The first-order chi connectivity index (χ1) is 12.8. The molecule has 0 amide bonds. The van der Waals surface area contributed by atoms with E-state index >= 15 is 0 Å². The number of hydrogen-bond acceptors (Lipinski definition) is 7. The molecule has 4 aromatic rings. The third-order valence-corrected chi connectivity index (χ3v) is 6.83. The molecule has 8 heteroatoms. The Bertz CT molecular complexity index is 1180. The highest BCUT2D eigenvalue weighted by Gasteiger charge is 2.20. The molecule has 26 heavy (non-hydrogen) atoms. The minimum Gasteiger partial charge on any atom is -0.267 e. The predicted octanol–water partition coefficient (Wildman–Crippen LogP) is 3.42. The molecule has 130 valence electrons. The van der Waals surface area contributed by atoms with Crippen molar-refractivity contribution in [2.24, 2.45) is 0 Å². The first-order valence-electron chi connectivity index (χ1n) is 8.52. The van der Waals surface area contributed by atoms with E-state index in [0.717, 1.165) is 22.7 Å². The monoisotopic (exact) mass is 381 g/mol. The molecule has 0 atom stereocenters. The van der Waals surface area contributed by atoms with Crippen LogP contribution in [0.3, 0.4) is 0 Å². The first-order valence-corrected chi connectivity index (χ1v) is 10.3. The summed E-state index contributed by atoms with van der Waals surface area (Å²) in [6.45, 7) is 0. The van der Waals surface area contributed by atoms with E-state index in [2.05, 4.69) is 20.3 Å². The van der Waals surface area contributed by atoms with Gasteiger partial charge in [-0.25, -0.2) is 9.97 Å². The summed E-state index contributed by atoms with van der Waals surface area (Å²) >= 11 is 3.30. The van der Waals surface area contributed by atoms with Gasteiger partial charge in [-0.05, 0) is 43.4 Å². The summed E-state index contributed by atoms with van der Waals surface area (Å²) in [6.07, 6.45) is 6.30. The number of rotatable bonds is 3. The molecule has 0 radical (unpaired) electrons. The Morgan fingerprint density at radius 3 is 3.00 bits per heavy atom. The maximum Gasteiger partial charge on any atom is 0.278 e. The van der Waals surface area contributed by atoms with Crippen LogP contribution in [0.2, 0.25) is 0 Å². The van der Waals surface area contributed by atoms with Crippen LogP contribution in [0.4, 0.5) is 0 Å². The van der Waals surface area contributed by atoms with E-state index in [1.54, 1.807) is 29.8 Å². The molecule has 0 fully saturated rings. The van der Waals surface area contributed by atoms with Gasteiger partial charge in [0.15, 0.2) is 0 Å².